The number of halogens is 1. The van der Waals surface area contributed by atoms with E-state index in [4.69, 9.17) is 4.74 Å². The average Bonchev–Trinajstić information content (AvgIpc) is 2.11. The van der Waals surface area contributed by atoms with Gasteiger partial charge in [-0.3, -0.25) is 0 Å². The van der Waals surface area contributed by atoms with Crippen molar-refractivity contribution in [1.29, 1.82) is 0 Å². The van der Waals surface area contributed by atoms with Crippen LogP contribution < -0.4 is 10.1 Å². The predicted molar refractivity (Wildman–Crippen MR) is 54.0 cm³/mol. The molecule has 0 saturated heterocycles. The van der Waals surface area contributed by atoms with E-state index >= 15 is 0 Å². The van der Waals surface area contributed by atoms with Crippen LogP contribution in [0.3, 0.4) is 0 Å². The van der Waals surface area contributed by atoms with E-state index in [0.29, 0.717) is 5.75 Å². The van der Waals surface area contributed by atoms with Crippen molar-refractivity contribution in [3.05, 3.63) is 28.2 Å². The van der Waals surface area contributed by atoms with Gasteiger partial charge in [0, 0.05) is 11.5 Å². The van der Waals surface area contributed by atoms with Crippen LogP contribution in [-0.2, 0) is 0 Å². The molecule has 13 heavy (non-hydrogen) atoms. The van der Waals surface area contributed by atoms with Gasteiger partial charge in [0.2, 0.25) is 0 Å². The van der Waals surface area contributed by atoms with Crippen LogP contribution in [-0.4, -0.2) is 13.1 Å². The lowest BCUT2D eigenvalue weighted by atomic mass is 10.2. The zero-order chi connectivity index (χ0) is 9.84. The van der Waals surface area contributed by atoms with Crippen LogP contribution in [0.25, 0.3) is 0 Å². The smallest absolute Gasteiger partial charge is 0.410 e. The number of aryl methyl sites for hydroxylation is 1. The van der Waals surface area contributed by atoms with Gasteiger partial charge in [-0.2, -0.15) is 0 Å². The standard InChI is InChI=1S/C9H10BrNO2/c1-6-3-4-7(5-8(6)10)13-9(12)11-2/h3-5H,1-2H3,(H,11,12). The van der Waals surface area contributed by atoms with E-state index in [1.807, 2.05) is 13.0 Å². The van der Waals surface area contributed by atoms with Gasteiger partial charge in [-0.05, 0) is 24.6 Å². The minimum Gasteiger partial charge on any atom is -0.410 e. The molecule has 0 saturated carbocycles. The average molecular weight is 244 g/mol. The lowest BCUT2D eigenvalue weighted by Gasteiger charge is -2.04. The van der Waals surface area contributed by atoms with Gasteiger partial charge in [-0.25, -0.2) is 4.79 Å². The molecule has 4 heteroatoms. The number of rotatable bonds is 1. The van der Waals surface area contributed by atoms with Gasteiger partial charge in [-0.15, -0.1) is 0 Å². The van der Waals surface area contributed by atoms with Crippen molar-refractivity contribution in [2.45, 2.75) is 6.92 Å². The molecule has 0 unspecified atom stereocenters. The third-order valence-corrected chi connectivity index (χ3v) is 2.41. The quantitative estimate of drug-likeness (QED) is 0.824. The van der Waals surface area contributed by atoms with Gasteiger partial charge in [0.05, 0.1) is 0 Å². The molecule has 0 radical (unpaired) electrons. The summed E-state index contributed by atoms with van der Waals surface area (Å²) in [7, 11) is 1.52. The van der Waals surface area contributed by atoms with Crippen molar-refractivity contribution >= 4 is 22.0 Å². The van der Waals surface area contributed by atoms with Crippen molar-refractivity contribution < 1.29 is 9.53 Å². The first-order valence-corrected chi connectivity index (χ1v) is 4.58. The highest BCUT2D eigenvalue weighted by molar-refractivity contribution is 9.10. The number of nitrogens with one attached hydrogen (secondary N) is 1. The van der Waals surface area contributed by atoms with Crippen LogP contribution >= 0.6 is 15.9 Å². The van der Waals surface area contributed by atoms with E-state index < -0.39 is 6.09 Å². The fourth-order valence-corrected chi connectivity index (χ4v) is 1.15. The highest BCUT2D eigenvalue weighted by atomic mass is 79.9. The van der Waals surface area contributed by atoms with E-state index in [2.05, 4.69) is 21.2 Å². The van der Waals surface area contributed by atoms with E-state index in [-0.39, 0.29) is 0 Å². The van der Waals surface area contributed by atoms with Crippen molar-refractivity contribution in [3.8, 4) is 5.75 Å². The first-order valence-electron chi connectivity index (χ1n) is 3.79. The maximum absolute atomic E-state index is 10.8. The lowest BCUT2D eigenvalue weighted by Crippen LogP contribution is -2.21. The second kappa shape index (κ2) is 4.28. The number of carbonyl (C=O) groups excluding carboxylic acids is 1. The summed E-state index contributed by atoms with van der Waals surface area (Å²) in [6.07, 6.45) is -0.462. The number of ether oxygens (including phenoxy) is 1. The summed E-state index contributed by atoms with van der Waals surface area (Å²) >= 11 is 3.35. The summed E-state index contributed by atoms with van der Waals surface area (Å²) in [6, 6.07) is 5.38. The van der Waals surface area contributed by atoms with Crippen LogP contribution in [0.15, 0.2) is 22.7 Å². The van der Waals surface area contributed by atoms with Gasteiger partial charge < -0.3 is 10.1 Å². The summed E-state index contributed by atoms with van der Waals surface area (Å²) in [5.41, 5.74) is 1.10. The number of hydrogen-bond donors (Lipinski definition) is 1. The molecular weight excluding hydrogens is 234 g/mol. The topological polar surface area (TPSA) is 38.3 Å². The molecule has 1 rings (SSSR count). The van der Waals surface area contributed by atoms with Crippen LogP contribution in [0.1, 0.15) is 5.56 Å². The molecule has 0 heterocycles. The van der Waals surface area contributed by atoms with Crippen LogP contribution in [0.5, 0.6) is 5.75 Å². The fourth-order valence-electron chi connectivity index (χ4n) is 0.795. The van der Waals surface area contributed by atoms with E-state index in [1.165, 1.54) is 7.05 Å². The molecule has 0 fully saturated rings. The normalized spacial score (nSPS) is 9.46. The lowest BCUT2D eigenvalue weighted by molar-refractivity contribution is 0.203. The van der Waals surface area contributed by atoms with Crippen molar-refractivity contribution in [2.75, 3.05) is 7.05 Å². The van der Waals surface area contributed by atoms with Gasteiger partial charge in [0.15, 0.2) is 0 Å². The fraction of sp³-hybridized carbons (Fsp3) is 0.222. The monoisotopic (exact) mass is 243 g/mol. The SMILES string of the molecule is CNC(=O)Oc1ccc(C)c(Br)c1. The third kappa shape index (κ3) is 2.73. The first-order chi connectivity index (χ1) is 6.13. The van der Waals surface area contributed by atoms with Crippen LogP contribution in [0, 0.1) is 6.92 Å². The molecule has 0 atom stereocenters. The Morgan fingerprint density at radius 1 is 1.54 bits per heavy atom. The molecule has 0 bridgehead atoms. The molecule has 3 nitrogen and oxygen atoms in total. The Hall–Kier alpha value is -1.03. The predicted octanol–water partition coefficient (Wildman–Crippen LogP) is 2.48. The molecule has 0 aliphatic carbocycles. The molecule has 1 aromatic carbocycles. The molecule has 1 amide bonds. The van der Waals surface area contributed by atoms with Gasteiger partial charge in [0.25, 0.3) is 0 Å². The maximum atomic E-state index is 10.8. The molecule has 0 aliphatic rings. The molecule has 0 aliphatic heterocycles. The van der Waals surface area contributed by atoms with E-state index in [0.717, 1.165) is 10.0 Å². The van der Waals surface area contributed by atoms with Crippen molar-refractivity contribution in [2.24, 2.45) is 0 Å². The number of carbonyl (C=O) groups is 1. The third-order valence-electron chi connectivity index (χ3n) is 1.56. The summed E-state index contributed by atoms with van der Waals surface area (Å²) in [5.74, 6) is 0.525. The summed E-state index contributed by atoms with van der Waals surface area (Å²) < 4.78 is 5.84. The van der Waals surface area contributed by atoms with Gasteiger partial charge in [0.1, 0.15) is 5.75 Å². The van der Waals surface area contributed by atoms with Gasteiger partial charge in [-0.1, -0.05) is 22.0 Å². The molecule has 0 aromatic heterocycles. The minimum absolute atomic E-state index is 0.462. The Balaban J connectivity index is 2.79. The van der Waals surface area contributed by atoms with E-state index in [1.54, 1.807) is 12.1 Å². The number of amides is 1. The highest BCUT2D eigenvalue weighted by Crippen LogP contribution is 2.22. The second-order valence-electron chi connectivity index (χ2n) is 2.55. The minimum atomic E-state index is -0.462. The Bertz CT molecular complexity index is 325. The summed E-state index contributed by atoms with van der Waals surface area (Å²) in [6.45, 7) is 1.97. The molecule has 0 spiro atoms. The Morgan fingerprint density at radius 3 is 2.77 bits per heavy atom. The largest absolute Gasteiger partial charge is 0.412 e. The van der Waals surface area contributed by atoms with Crippen molar-refractivity contribution in [1.82, 2.24) is 5.32 Å². The van der Waals surface area contributed by atoms with Gasteiger partial charge >= 0.3 is 6.09 Å². The van der Waals surface area contributed by atoms with E-state index in [9.17, 15) is 4.79 Å². The molecule has 1 N–H and O–H groups in total. The zero-order valence-electron chi connectivity index (χ0n) is 7.43. The van der Waals surface area contributed by atoms with Crippen LogP contribution in [0.4, 0.5) is 4.79 Å². The molecular formula is C9H10BrNO2. The molecule has 70 valence electrons. The Labute approximate surface area is 85.2 Å². The molecule has 1 aromatic rings. The van der Waals surface area contributed by atoms with Crippen molar-refractivity contribution in [3.63, 3.8) is 0 Å². The Morgan fingerprint density at radius 2 is 2.23 bits per heavy atom. The summed E-state index contributed by atoms with van der Waals surface area (Å²) in [4.78, 5) is 10.8. The highest BCUT2D eigenvalue weighted by Gasteiger charge is 2.02. The Kier molecular flexibility index (Phi) is 3.31. The number of hydrogen-bond acceptors (Lipinski definition) is 2. The summed E-state index contributed by atoms with van der Waals surface area (Å²) in [5, 5.41) is 2.37. The maximum Gasteiger partial charge on any atom is 0.412 e. The first kappa shape index (κ1) is 10.1. The number of benzene rings is 1. The van der Waals surface area contributed by atoms with Crippen LogP contribution in [0.2, 0.25) is 0 Å². The zero-order valence-corrected chi connectivity index (χ0v) is 9.01. The second-order valence-corrected chi connectivity index (χ2v) is 3.40.